The highest BCUT2D eigenvalue weighted by atomic mass is 16.4. The van der Waals surface area contributed by atoms with E-state index in [1.807, 2.05) is 4.68 Å². The Morgan fingerprint density at radius 2 is 1.62 bits per heavy atom. The SMILES string of the molecule is CCCCCCCCCCCCn1nnc2cc(C(=O)O)ccc21. The molecule has 24 heavy (non-hydrogen) atoms. The van der Waals surface area contributed by atoms with E-state index < -0.39 is 5.97 Å². The minimum Gasteiger partial charge on any atom is -0.478 e. The molecule has 1 N–H and O–H groups in total. The third-order valence-corrected chi connectivity index (χ3v) is 4.48. The fourth-order valence-corrected chi connectivity index (χ4v) is 3.02. The standard InChI is InChI=1S/C19H29N3O2/c1-2-3-4-5-6-7-8-9-10-11-14-22-18-13-12-16(19(23)24)15-17(18)20-21-22/h12-13,15H,2-11,14H2,1H3,(H,23,24). The Kier molecular flexibility index (Phi) is 7.72. The zero-order chi connectivity index (χ0) is 17.2. The number of rotatable bonds is 12. The number of carboxylic acids is 1. The maximum absolute atomic E-state index is 11.0. The molecule has 0 aliphatic carbocycles. The number of carbonyl (C=O) groups is 1. The lowest BCUT2D eigenvalue weighted by Crippen LogP contribution is -2.01. The molecule has 0 aliphatic heterocycles. The molecule has 0 saturated heterocycles. The van der Waals surface area contributed by atoms with Crippen molar-refractivity contribution in [3.63, 3.8) is 0 Å². The first-order valence-corrected chi connectivity index (χ1v) is 9.29. The monoisotopic (exact) mass is 331 g/mol. The Bertz CT molecular complexity index is 637. The maximum atomic E-state index is 11.0. The van der Waals surface area contributed by atoms with Gasteiger partial charge in [0, 0.05) is 6.54 Å². The van der Waals surface area contributed by atoms with Crippen LogP contribution in [-0.2, 0) is 6.54 Å². The van der Waals surface area contributed by atoms with E-state index in [-0.39, 0.29) is 5.56 Å². The molecule has 2 rings (SSSR count). The summed E-state index contributed by atoms with van der Waals surface area (Å²) in [5.74, 6) is -0.929. The van der Waals surface area contributed by atoms with Gasteiger partial charge in [0.2, 0.25) is 0 Å². The van der Waals surface area contributed by atoms with E-state index in [1.165, 1.54) is 57.8 Å². The van der Waals surface area contributed by atoms with Crippen molar-refractivity contribution in [1.82, 2.24) is 15.0 Å². The predicted molar refractivity (Wildman–Crippen MR) is 96.3 cm³/mol. The molecule has 5 heteroatoms. The van der Waals surface area contributed by atoms with Crippen molar-refractivity contribution in [2.24, 2.45) is 0 Å². The highest BCUT2D eigenvalue weighted by Crippen LogP contribution is 2.15. The molecule has 1 aromatic carbocycles. The Hall–Kier alpha value is -1.91. The molecular weight excluding hydrogens is 302 g/mol. The molecule has 2 aromatic rings. The van der Waals surface area contributed by atoms with E-state index in [1.54, 1.807) is 18.2 Å². The van der Waals surface area contributed by atoms with Crippen LogP contribution >= 0.6 is 0 Å². The first-order valence-electron chi connectivity index (χ1n) is 9.29. The lowest BCUT2D eigenvalue weighted by Gasteiger charge is -2.04. The number of aromatic nitrogens is 3. The molecule has 1 heterocycles. The normalized spacial score (nSPS) is 11.2. The molecule has 0 fully saturated rings. The number of benzene rings is 1. The van der Waals surface area contributed by atoms with Crippen molar-refractivity contribution < 1.29 is 9.90 Å². The highest BCUT2D eigenvalue weighted by molar-refractivity contribution is 5.92. The summed E-state index contributed by atoms with van der Waals surface area (Å²) in [6, 6.07) is 5.00. The second-order valence-corrected chi connectivity index (χ2v) is 6.50. The second-order valence-electron chi connectivity index (χ2n) is 6.50. The molecular formula is C19H29N3O2. The summed E-state index contributed by atoms with van der Waals surface area (Å²) >= 11 is 0. The van der Waals surface area contributed by atoms with Crippen molar-refractivity contribution >= 4 is 17.0 Å². The number of hydrogen-bond donors (Lipinski definition) is 1. The molecule has 0 atom stereocenters. The number of aromatic carboxylic acids is 1. The van der Waals surface area contributed by atoms with Gasteiger partial charge in [-0.25, -0.2) is 9.48 Å². The van der Waals surface area contributed by atoms with Gasteiger partial charge in [-0.05, 0) is 24.6 Å². The number of aryl methyl sites for hydroxylation is 1. The fraction of sp³-hybridized carbons (Fsp3) is 0.632. The van der Waals surface area contributed by atoms with Crippen molar-refractivity contribution in [3.8, 4) is 0 Å². The second kappa shape index (κ2) is 10.1. The fourth-order valence-electron chi connectivity index (χ4n) is 3.02. The van der Waals surface area contributed by atoms with Crippen molar-refractivity contribution in [2.45, 2.75) is 77.7 Å². The largest absolute Gasteiger partial charge is 0.478 e. The number of carboxylic acid groups (broad SMARTS) is 1. The molecule has 0 bridgehead atoms. The van der Waals surface area contributed by atoms with Crippen LogP contribution in [0.15, 0.2) is 18.2 Å². The van der Waals surface area contributed by atoms with Gasteiger partial charge in [0.05, 0.1) is 11.1 Å². The maximum Gasteiger partial charge on any atom is 0.335 e. The van der Waals surface area contributed by atoms with Gasteiger partial charge >= 0.3 is 5.97 Å². The molecule has 0 amide bonds. The van der Waals surface area contributed by atoms with Crippen LogP contribution in [-0.4, -0.2) is 26.1 Å². The predicted octanol–water partition coefficient (Wildman–Crippen LogP) is 5.05. The van der Waals surface area contributed by atoms with Crippen molar-refractivity contribution in [3.05, 3.63) is 23.8 Å². The highest BCUT2D eigenvalue weighted by Gasteiger charge is 2.08. The van der Waals surface area contributed by atoms with Gasteiger partial charge in [-0.2, -0.15) is 0 Å². The first kappa shape index (κ1) is 18.4. The van der Waals surface area contributed by atoms with E-state index in [9.17, 15) is 4.79 Å². The van der Waals surface area contributed by atoms with Crippen LogP contribution in [0.1, 0.15) is 81.5 Å². The Morgan fingerprint density at radius 1 is 1.00 bits per heavy atom. The molecule has 0 aliphatic rings. The molecule has 0 unspecified atom stereocenters. The van der Waals surface area contributed by atoms with E-state index >= 15 is 0 Å². The quantitative estimate of drug-likeness (QED) is 0.553. The number of fused-ring (bicyclic) bond motifs is 1. The number of nitrogens with zero attached hydrogens (tertiary/aromatic N) is 3. The third kappa shape index (κ3) is 5.62. The Morgan fingerprint density at radius 3 is 2.25 bits per heavy atom. The van der Waals surface area contributed by atoms with E-state index in [0.717, 1.165) is 18.5 Å². The summed E-state index contributed by atoms with van der Waals surface area (Å²) in [5, 5.41) is 17.2. The third-order valence-electron chi connectivity index (χ3n) is 4.48. The number of unbranched alkanes of at least 4 members (excludes halogenated alkanes) is 9. The molecule has 5 nitrogen and oxygen atoms in total. The number of hydrogen-bond acceptors (Lipinski definition) is 3. The van der Waals surface area contributed by atoms with Crippen molar-refractivity contribution in [2.75, 3.05) is 0 Å². The van der Waals surface area contributed by atoms with Gasteiger partial charge in [0.15, 0.2) is 0 Å². The van der Waals surface area contributed by atoms with Gasteiger partial charge in [-0.1, -0.05) is 69.9 Å². The summed E-state index contributed by atoms with van der Waals surface area (Å²) in [6.45, 7) is 3.10. The van der Waals surface area contributed by atoms with Crippen LogP contribution in [0.2, 0.25) is 0 Å². The summed E-state index contributed by atoms with van der Waals surface area (Å²) in [5.41, 5.74) is 1.83. The zero-order valence-electron chi connectivity index (χ0n) is 14.7. The van der Waals surface area contributed by atoms with Crippen LogP contribution in [0.25, 0.3) is 11.0 Å². The Labute approximate surface area is 144 Å². The Balaban J connectivity index is 1.64. The van der Waals surface area contributed by atoms with Gasteiger partial charge in [0.1, 0.15) is 5.52 Å². The smallest absolute Gasteiger partial charge is 0.335 e. The van der Waals surface area contributed by atoms with Crippen molar-refractivity contribution in [1.29, 1.82) is 0 Å². The van der Waals surface area contributed by atoms with Crippen LogP contribution in [0, 0.1) is 0 Å². The average molecular weight is 331 g/mol. The summed E-state index contributed by atoms with van der Waals surface area (Å²) in [4.78, 5) is 11.0. The lowest BCUT2D eigenvalue weighted by atomic mass is 10.1. The van der Waals surface area contributed by atoms with Gasteiger partial charge in [0.25, 0.3) is 0 Å². The summed E-state index contributed by atoms with van der Waals surface area (Å²) in [6.07, 6.45) is 13.1. The molecule has 0 radical (unpaired) electrons. The molecule has 132 valence electrons. The van der Waals surface area contributed by atoms with Gasteiger partial charge in [-0.3, -0.25) is 0 Å². The average Bonchev–Trinajstić information content (AvgIpc) is 2.99. The van der Waals surface area contributed by atoms with Gasteiger partial charge < -0.3 is 5.11 Å². The topological polar surface area (TPSA) is 68.0 Å². The first-order chi connectivity index (χ1) is 11.7. The molecule has 0 spiro atoms. The van der Waals surface area contributed by atoms with Crippen LogP contribution < -0.4 is 0 Å². The minimum absolute atomic E-state index is 0.258. The van der Waals surface area contributed by atoms with E-state index in [2.05, 4.69) is 17.2 Å². The van der Waals surface area contributed by atoms with Gasteiger partial charge in [-0.15, -0.1) is 5.10 Å². The van der Waals surface area contributed by atoms with E-state index in [0.29, 0.717) is 5.52 Å². The lowest BCUT2D eigenvalue weighted by molar-refractivity contribution is 0.0697. The van der Waals surface area contributed by atoms with Crippen LogP contribution in [0.5, 0.6) is 0 Å². The molecule has 1 aromatic heterocycles. The minimum atomic E-state index is -0.929. The molecule has 0 saturated carbocycles. The summed E-state index contributed by atoms with van der Waals surface area (Å²) in [7, 11) is 0. The van der Waals surface area contributed by atoms with E-state index in [4.69, 9.17) is 5.11 Å². The summed E-state index contributed by atoms with van der Waals surface area (Å²) < 4.78 is 1.88. The zero-order valence-corrected chi connectivity index (χ0v) is 14.7. The van der Waals surface area contributed by atoms with Crippen LogP contribution in [0.4, 0.5) is 0 Å². The van der Waals surface area contributed by atoms with Crippen LogP contribution in [0.3, 0.4) is 0 Å².